The number of likely N-dealkylation sites (tertiary alicyclic amines) is 1. The summed E-state index contributed by atoms with van der Waals surface area (Å²) in [7, 11) is 1.60. The smallest absolute Gasteiger partial charge is 0.313 e. The second-order valence-electron chi connectivity index (χ2n) is 5.76. The minimum absolute atomic E-state index is 0.0213. The van der Waals surface area contributed by atoms with Gasteiger partial charge in [-0.1, -0.05) is 12.1 Å². The Kier molecular flexibility index (Phi) is 7.12. The van der Waals surface area contributed by atoms with Gasteiger partial charge in [0, 0.05) is 31.8 Å². The largest absolute Gasteiger partial charge is 0.497 e. The van der Waals surface area contributed by atoms with Gasteiger partial charge in [-0.25, -0.2) is 0 Å². The van der Waals surface area contributed by atoms with Crippen LogP contribution in [0.4, 0.5) is 0 Å². The van der Waals surface area contributed by atoms with Crippen LogP contribution in [0.3, 0.4) is 0 Å². The van der Waals surface area contributed by atoms with Crippen LogP contribution in [0.1, 0.15) is 12.0 Å². The zero-order chi connectivity index (χ0) is 18.2. The van der Waals surface area contributed by atoms with Crippen molar-refractivity contribution in [2.45, 2.75) is 13.0 Å². The molecule has 1 aliphatic rings. The molecule has 0 saturated carbocycles. The van der Waals surface area contributed by atoms with E-state index in [0.717, 1.165) is 11.3 Å². The number of aliphatic carboxylic acids is 1. The van der Waals surface area contributed by atoms with Crippen LogP contribution in [0, 0.1) is 5.92 Å². The summed E-state index contributed by atoms with van der Waals surface area (Å²) >= 11 is 1.25. The molecule has 1 aromatic rings. The molecule has 0 aromatic heterocycles. The maximum absolute atomic E-state index is 12.1. The van der Waals surface area contributed by atoms with Crippen LogP contribution in [-0.4, -0.2) is 59.5 Å². The van der Waals surface area contributed by atoms with Gasteiger partial charge >= 0.3 is 5.97 Å². The van der Waals surface area contributed by atoms with Gasteiger partial charge in [-0.2, -0.15) is 0 Å². The number of rotatable bonds is 9. The molecule has 2 N–H and O–H groups in total. The maximum atomic E-state index is 12.1. The summed E-state index contributed by atoms with van der Waals surface area (Å²) in [5.74, 6) is -0.0869. The molecule has 8 heteroatoms. The number of amides is 2. The third-order valence-corrected chi connectivity index (χ3v) is 4.83. The number of methoxy groups -OCH3 is 1. The fourth-order valence-corrected chi connectivity index (χ4v) is 3.17. The average Bonchev–Trinajstić information content (AvgIpc) is 2.95. The second-order valence-corrected chi connectivity index (χ2v) is 6.87. The molecule has 25 heavy (non-hydrogen) atoms. The Bertz CT molecular complexity index is 620. The molecule has 1 atom stereocenters. The molecule has 1 unspecified atom stereocenters. The number of hydrogen-bond acceptors (Lipinski definition) is 5. The molecule has 1 saturated heterocycles. The number of carbonyl (C=O) groups is 3. The monoisotopic (exact) mass is 366 g/mol. The van der Waals surface area contributed by atoms with Crippen LogP contribution >= 0.6 is 11.8 Å². The lowest BCUT2D eigenvalue weighted by Crippen LogP contribution is -2.34. The summed E-state index contributed by atoms with van der Waals surface area (Å²) in [6, 6.07) is 7.49. The number of nitrogens with zero attached hydrogens (tertiary/aromatic N) is 1. The van der Waals surface area contributed by atoms with Crippen molar-refractivity contribution in [3.05, 3.63) is 29.8 Å². The van der Waals surface area contributed by atoms with E-state index < -0.39 is 5.97 Å². The van der Waals surface area contributed by atoms with Gasteiger partial charge < -0.3 is 20.1 Å². The van der Waals surface area contributed by atoms with Crippen LogP contribution in [0.25, 0.3) is 0 Å². The van der Waals surface area contributed by atoms with Crippen molar-refractivity contribution >= 4 is 29.5 Å². The first-order chi connectivity index (χ1) is 12.0. The molecule has 0 radical (unpaired) electrons. The molecular formula is C17H22N2O5S. The predicted molar refractivity (Wildman–Crippen MR) is 94.5 cm³/mol. The van der Waals surface area contributed by atoms with E-state index in [-0.39, 0.29) is 29.9 Å². The molecule has 1 aliphatic heterocycles. The molecule has 2 rings (SSSR count). The van der Waals surface area contributed by atoms with Gasteiger partial charge in [-0.05, 0) is 17.7 Å². The van der Waals surface area contributed by atoms with Crippen molar-refractivity contribution in [3.8, 4) is 5.75 Å². The average molecular weight is 366 g/mol. The zero-order valence-corrected chi connectivity index (χ0v) is 14.9. The highest BCUT2D eigenvalue weighted by molar-refractivity contribution is 7.99. The third-order valence-electron chi connectivity index (χ3n) is 3.89. The number of carboxylic acid groups (broad SMARTS) is 1. The summed E-state index contributed by atoms with van der Waals surface area (Å²) in [6.07, 6.45) is 0.213. The van der Waals surface area contributed by atoms with Crippen LogP contribution < -0.4 is 10.1 Å². The molecule has 7 nitrogen and oxygen atoms in total. The summed E-state index contributed by atoms with van der Waals surface area (Å²) in [4.78, 5) is 36.3. The molecule has 0 spiro atoms. The van der Waals surface area contributed by atoms with Crippen molar-refractivity contribution < 1.29 is 24.2 Å². The molecule has 1 heterocycles. The molecule has 1 fully saturated rings. The summed E-state index contributed by atoms with van der Waals surface area (Å²) < 4.78 is 5.11. The van der Waals surface area contributed by atoms with Gasteiger partial charge in [0.25, 0.3) is 0 Å². The normalized spacial score (nSPS) is 16.8. The highest BCUT2D eigenvalue weighted by Gasteiger charge is 2.33. The van der Waals surface area contributed by atoms with E-state index in [1.165, 1.54) is 11.8 Å². The summed E-state index contributed by atoms with van der Waals surface area (Å²) in [5.41, 5.74) is 0.986. The Morgan fingerprint density at radius 3 is 2.72 bits per heavy atom. The Morgan fingerprint density at radius 2 is 2.08 bits per heavy atom. The van der Waals surface area contributed by atoms with Crippen LogP contribution in [0.2, 0.25) is 0 Å². The zero-order valence-electron chi connectivity index (χ0n) is 14.1. The Balaban J connectivity index is 1.76. The Hall–Kier alpha value is -2.22. The van der Waals surface area contributed by atoms with Crippen molar-refractivity contribution in [2.75, 3.05) is 31.7 Å². The van der Waals surface area contributed by atoms with E-state index in [4.69, 9.17) is 9.84 Å². The second kappa shape index (κ2) is 9.31. The van der Waals surface area contributed by atoms with Gasteiger partial charge in [0.2, 0.25) is 11.8 Å². The molecular weight excluding hydrogens is 344 g/mol. The van der Waals surface area contributed by atoms with Gasteiger partial charge in [-0.15, -0.1) is 11.8 Å². The summed E-state index contributed by atoms with van der Waals surface area (Å²) in [5, 5.41) is 11.3. The van der Waals surface area contributed by atoms with E-state index >= 15 is 0 Å². The lowest BCUT2D eigenvalue weighted by atomic mass is 10.1. The number of ether oxygens (including phenoxy) is 1. The molecule has 0 bridgehead atoms. The van der Waals surface area contributed by atoms with Crippen molar-refractivity contribution in [1.29, 1.82) is 0 Å². The van der Waals surface area contributed by atoms with Crippen LogP contribution in [-0.2, 0) is 20.9 Å². The highest BCUT2D eigenvalue weighted by Crippen LogP contribution is 2.21. The van der Waals surface area contributed by atoms with E-state index in [0.29, 0.717) is 25.4 Å². The first-order valence-corrected chi connectivity index (χ1v) is 9.13. The van der Waals surface area contributed by atoms with Crippen molar-refractivity contribution in [2.24, 2.45) is 5.92 Å². The number of nitrogens with one attached hydrogen (secondary N) is 1. The lowest BCUT2D eigenvalue weighted by molar-refractivity contribution is -0.134. The number of carbonyl (C=O) groups excluding carboxylic acids is 2. The quantitative estimate of drug-likeness (QED) is 0.633. The minimum atomic E-state index is -0.869. The highest BCUT2D eigenvalue weighted by atomic mass is 32.2. The van der Waals surface area contributed by atoms with E-state index in [9.17, 15) is 14.4 Å². The fraction of sp³-hybridized carbons (Fsp3) is 0.471. The van der Waals surface area contributed by atoms with Gasteiger partial charge in [0.15, 0.2) is 0 Å². The van der Waals surface area contributed by atoms with Crippen molar-refractivity contribution in [1.82, 2.24) is 10.2 Å². The molecule has 2 amide bonds. The number of hydrogen-bond donors (Lipinski definition) is 2. The minimum Gasteiger partial charge on any atom is -0.497 e. The standard InChI is InChI=1S/C17H22N2O5S/c1-24-14-4-2-12(3-5-14)9-19-10-13(8-15(19)20)17(23)18-6-7-25-11-16(21)22/h2-5,13H,6-11H2,1H3,(H,18,23)(H,21,22). The summed E-state index contributed by atoms with van der Waals surface area (Å²) in [6.45, 7) is 1.28. The Morgan fingerprint density at radius 1 is 1.36 bits per heavy atom. The number of benzene rings is 1. The van der Waals surface area contributed by atoms with Gasteiger partial charge in [0.1, 0.15) is 5.75 Å². The van der Waals surface area contributed by atoms with Crippen molar-refractivity contribution in [3.63, 3.8) is 0 Å². The third kappa shape index (κ3) is 5.97. The SMILES string of the molecule is COc1ccc(CN2CC(C(=O)NCCSCC(=O)O)CC2=O)cc1. The molecule has 136 valence electrons. The predicted octanol–water partition coefficient (Wildman–Crippen LogP) is 0.978. The topological polar surface area (TPSA) is 95.9 Å². The Labute approximate surface area is 150 Å². The van der Waals surface area contributed by atoms with Gasteiger partial charge in [-0.3, -0.25) is 14.4 Å². The number of thioether (sulfide) groups is 1. The maximum Gasteiger partial charge on any atom is 0.313 e. The van der Waals surface area contributed by atoms with E-state index in [1.54, 1.807) is 12.0 Å². The number of carboxylic acids is 1. The van der Waals surface area contributed by atoms with Gasteiger partial charge in [0.05, 0.1) is 18.8 Å². The fourth-order valence-electron chi connectivity index (χ4n) is 2.60. The van der Waals surface area contributed by atoms with Crippen LogP contribution in [0.5, 0.6) is 5.75 Å². The van der Waals surface area contributed by atoms with E-state index in [2.05, 4.69) is 5.32 Å². The lowest BCUT2D eigenvalue weighted by Gasteiger charge is -2.17. The first kappa shape index (κ1) is 19.1. The first-order valence-electron chi connectivity index (χ1n) is 7.97. The molecule has 1 aromatic carbocycles. The van der Waals surface area contributed by atoms with E-state index in [1.807, 2.05) is 24.3 Å². The molecule has 0 aliphatic carbocycles. The van der Waals surface area contributed by atoms with Crippen LogP contribution in [0.15, 0.2) is 24.3 Å².